The molecule has 1 aromatic carbocycles. The van der Waals surface area contributed by atoms with Gasteiger partial charge in [0.2, 0.25) is 0 Å². The second-order valence-corrected chi connectivity index (χ2v) is 7.39. The van der Waals surface area contributed by atoms with Gasteiger partial charge in [-0.15, -0.1) is 0 Å². The Kier molecular flexibility index (Phi) is 7.29. The van der Waals surface area contributed by atoms with E-state index in [1.54, 1.807) is 20.1 Å². The molecule has 0 unspecified atom stereocenters. The molecular weight excluding hydrogens is 396 g/mol. The van der Waals surface area contributed by atoms with Gasteiger partial charge in [0.15, 0.2) is 5.17 Å². The number of anilines is 1. The van der Waals surface area contributed by atoms with Crippen LogP contribution in [0, 0.1) is 23.1 Å². The Balaban J connectivity index is 2.44. The van der Waals surface area contributed by atoms with Crippen LogP contribution in [0.1, 0.15) is 35.5 Å². The fraction of sp³-hybridized carbons (Fsp3) is 0.300. The summed E-state index contributed by atoms with van der Waals surface area (Å²) in [7, 11) is 0. The molecule has 1 heterocycles. The van der Waals surface area contributed by atoms with E-state index in [2.05, 4.69) is 15.3 Å². The van der Waals surface area contributed by atoms with Crippen LogP contribution in [0.15, 0.2) is 41.5 Å². The Hall–Kier alpha value is -2.99. The van der Waals surface area contributed by atoms with Crippen LogP contribution in [-0.2, 0) is 5.54 Å². The summed E-state index contributed by atoms with van der Waals surface area (Å²) in [6.07, 6.45) is 2.97. The zero-order valence-electron chi connectivity index (χ0n) is 16.2. The van der Waals surface area contributed by atoms with Crippen LogP contribution in [0.2, 0.25) is 0 Å². The molecule has 3 N–H and O–H groups in total. The van der Waals surface area contributed by atoms with Crippen LogP contribution >= 0.6 is 11.8 Å². The Bertz CT molecular complexity index is 956. The minimum atomic E-state index is -1.52. The van der Waals surface area contributed by atoms with Gasteiger partial charge in [0.1, 0.15) is 29.8 Å². The van der Waals surface area contributed by atoms with E-state index in [9.17, 15) is 13.6 Å². The number of thioether (sulfide) groups is 1. The first-order chi connectivity index (χ1) is 13.8. The molecule has 0 aliphatic heterocycles. The number of halogens is 2. The van der Waals surface area contributed by atoms with Crippen LogP contribution in [0.25, 0.3) is 0 Å². The van der Waals surface area contributed by atoms with Gasteiger partial charge in [0.25, 0.3) is 5.91 Å². The highest BCUT2D eigenvalue weighted by atomic mass is 32.2. The molecule has 0 fully saturated rings. The number of benzene rings is 1. The molecule has 1 atom stereocenters. The molecule has 1 amide bonds. The second-order valence-electron chi connectivity index (χ2n) is 6.56. The van der Waals surface area contributed by atoms with Crippen LogP contribution in [0.4, 0.5) is 14.5 Å². The number of nitrogens with zero attached hydrogens (tertiary/aromatic N) is 3. The third-order valence-corrected chi connectivity index (χ3v) is 5.00. The molecule has 0 saturated carbocycles. The topological polar surface area (TPSA) is 104 Å². The standard InChI is InChI=1S/C20H21F2N5OS/c1-12(2)20(11-21,27-19(24)29-3)15-8-14(5-6-16(15)22)26-18(28)17-7-4-13(9-23)10-25-17/h4-8,10,12H,11H2,1-3H3,(H2,24,27)(H,26,28)/t20-/m0/s1. The summed E-state index contributed by atoms with van der Waals surface area (Å²) >= 11 is 1.14. The predicted molar refractivity (Wildman–Crippen MR) is 111 cm³/mol. The van der Waals surface area contributed by atoms with E-state index in [4.69, 9.17) is 11.0 Å². The Morgan fingerprint density at radius 3 is 2.66 bits per heavy atom. The lowest BCUT2D eigenvalue weighted by Gasteiger charge is -2.32. The van der Waals surface area contributed by atoms with E-state index in [0.29, 0.717) is 5.56 Å². The zero-order chi connectivity index (χ0) is 21.6. The fourth-order valence-electron chi connectivity index (χ4n) is 2.72. The molecule has 6 nitrogen and oxygen atoms in total. The van der Waals surface area contributed by atoms with Gasteiger partial charge in [-0.3, -0.25) is 4.79 Å². The maximum Gasteiger partial charge on any atom is 0.274 e. The predicted octanol–water partition coefficient (Wildman–Crippen LogP) is 3.84. The van der Waals surface area contributed by atoms with Crippen LogP contribution in [0.3, 0.4) is 0 Å². The number of carbonyl (C=O) groups excluding carboxylic acids is 1. The van der Waals surface area contributed by atoms with Gasteiger partial charge in [-0.25, -0.2) is 18.8 Å². The van der Waals surface area contributed by atoms with Crippen LogP contribution < -0.4 is 11.1 Å². The minimum Gasteiger partial charge on any atom is -0.379 e. The lowest BCUT2D eigenvalue weighted by Crippen LogP contribution is -2.36. The number of aliphatic imine (C=N–C) groups is 1. The van der Waals surface area contributed by atoms with E-state index in [1.807, 2.05) is 6.07 Å². The first kappa shape index (κ1) is 22.3. The van der Waals surface area contributed by atoms with Gasteiger partial charge in [0.05, 0.1) is 5.56 Å². The molecule has 2 aromatic rings. The molecule has 0 aliphatic carbocycles. The zero-order valence-corrected chi connectivity index (χ0v) is 17.1. The van der Waals surface area contributed by atoms with E-state index >= 15 is 0 Å². The first-order valence-electron chi connectivity index (χ1n) is 8.70. The summed E-state index contributed by atoms with van der Waals surface area (Å²) in [5.74, 6) is -1.60. The first-order valence-corrected chi connectivity index (χ1v) is 9.92. The van der Waals surface area contributed by atoms with Crippen molar-refractivity contribution in [1.29, 1.82) is 5.26 Å². The highest BCUT2D eigenvalue weighted by molar-refractivity contribution is 8.13. The summed E-state index contributed by atoms with van der Waals surface area (Å²) in [5.41, 5.74) is 4.94. The summed E-state index contributed by atoms with van der Waals surface area (Å²) in [5, 5.41) is 11.5. The van der Waals surface area contributed by atoms with Crippen molar-refractivity contribution < 1.29 is 13.6 Å². The van der Waals surface area contributed by atoms with Gasteiger partial charge in [-0.05, 0) is 42.5 Å². The Morgan fingerprint density at radius 1 is 1.41 bits per heavy atom. The highest BCUT2D eigenvalue weighted by Gasteiger charge is 2.39. The number of alkyl halides is 1. The van der Waals surface area contributed by atoms with Gasteiger partial charge >= 0.3 is 0 Å². The van der Waals surface area contributed by atoms with Crippen molar-refractivity contribution in [3.8, 4) is 6.07 Å². The summed E-state index contributed by atoms with van der Waals surface area (Å²) in [6, 6.07) is 8.65. The Morgan fingerprint density at radius 2 is 2.14 bits per heavy atom. The van der Waals surface area contributed by atoms with E-state index < -0.39 is 29.9 Å². The quantitative estimate of drug-likeness (QED) is 0.549. The molecule has 0 saturated heterocycles. The molecule has 0 bridgehead atoms. The van der Waals surface area contributed by atoms with Crippen molar-refractivity contribution >= 4 is 28.5 Å². The largest absolute Gasteiger partial charge is 0.379 e. The number of pyridine rings is 1. The maximum atomic E-state index is 14.7. The summed E-state index contributed by atoms with van der Waals surface area (Å²) in [6.45, 7) is 2.49. The number of amides is 1. The minimum absolute atomic E-state index is 0.00223. The number of rotatable bonds is 6. The number of aromatic nitrogens is 1. The normalized spacial score (nSPS) is 13.6. The highest BCUT2D eigenvalue weighted by Crippen LogP contribution is 2.38. The van der Waals surface area contributed by atoms with Crippen molar-refractivity contribution in [2.24, 2.45) is 16.6 Å². The van der Waals surface area contributed by atoms with Crippen molar-refractivity contribution in [1.82, 2.24) is 4.98 Å². The molecule has 152 valence electrons. The fourth-order valence-corrected chi connectivity index (χ4v) is 2.98. The molecule has 0 aliphatic rings. The van der Waals surface area contributed by atoms with Crippen LogP contribution in [0.5, 0.6) is 0 Å². The van der Waals surface area contributed by atoms with Crippen molar-refractivity contribution in [3.63, 3.8) is 0 Å². The third-order valence-electron chi connectivity index (χ3n) is 4.49. The summed E-state index contributed by atoms with van der Waals surface area (Å²) < 4.78 is 28.9. The molecule has 0 radical (unpaired) electrons. The maximum absolute atomic E-state index is 14.7. The van der Waals surface area contributed by atoms with Crippen molar-refractivity contribution in [2.45, 2.75) is 19.4 Å². The molecule has 0 spiro atoms. The number of nitriles is 1. The number of amidine groups is 1. The summed E-state index contributed by atoms with van der Waals surface area (Å²) in [4.78, 5) is 20.6. The van der Waals surface area contributed by atoms with Crippen molar-refractivity contribution in [3.05, 3.63) is 59.2 Å². The SMILES string of the molecule is CSC(N)=N[C@](CF)(c1cc(NC(=O)c2ccc(C#N)cn2)ccc1F)C(C)C. The van der Waals surface area contributed by atoms with Gasteiger partial charge in [0, 0.05) is 17.4 Å². The molecule has 9 heteroatoms. The smallest absolute Gasteiger partial charge is 0.274 e. The Labute approximate surface area is 172 Å². The van der Waals surface area contributed by atoms with E-state index in [1.165, 1.54) is 30.5 Å². The number of nitrogens with two attached hydrogens (primary N) is 1. The molecule has 2 rings (SSSR count). The number of hydrogen-bond donors (Lipinski definition) is 2. The lowest BCUT2D eigenvalue weighted by molar-refractivity contribution is 0.102. The number of carbonyl (C=O) groups is 1. The average Bonchev–Trinajstić information content (AvgIpc) is 2.73. The van der Waals surface area contributed by atoms with Gasteiger partial charge in [-0.2, -0.15) is 5.26 Å². The average molecular weight is 417 g/mol. The van der Waals surface area contributed by atoms with Crippen LogP contribution in [-0.4, -0.2) is 29.0 Å². The van der Waals surface area contributed by atoms with E-state index in [-0.39, 0.29) is 22.1 Å². The second kappa shape index (κ2) is 9.47. The van der Waals surface area contributed by atoms with E-state index in [0.717, 1.165) is 17.8 Å². The van der Waals surface area contributed by atoms with Gasteiger partial charge < -0.3 is 11.1 Å². The van der Waals surface area contributed by atoms with Crippen molar-refractivity contribution in [2.75, 3.05) is 18.2 Å². The monoisotopic (exact) mass is 417 g/mol. The van der Waals surface area contributed by atoms with Gasteiger partial charge in [-0.1, -0.05) is 25.6 Å². The lowest BCUT2D eigenvalue weighted by atomic mass is 9.81. The molecule has 1 aromatic heterocycles. The molecular formula is C20H21F2N5OS. The molecule has 29 heavy (non-hydrogen) atoms. The third kappa shape index (κ3) is 4.90. The number of hydrogen-bond acceptors (Lipinski definition) is 5. The number of nitrogens with one attached hydrogen (secondary N) is 1.